The molecule has 1 aromatic heterocycles. The maximum absolute atomic E-state index is 14.0. The average molecular weight is 372 g/mol. The van der Waals surface area contributed by atoms with Gasteiger partial charge in [0.1, 0.15) is 5.82 Å². The van der Waals surface area contributed by atoms with Crippen LogP contribution in [0.5, 0.6) is 0 Å². The van der Waals surface area contributed by atoms with E-state index in [9.17, 15) is 9.18 Å². The second-order valence-electron chi connectivity index (χ2n) is 8.29. The van der Waals surface area contributed by atoms with Crippen molar-refractivity contribution >= 4 is 28.2 Å². The number of rotatable bonds is 2. The summed E-state index contributed by atoms with van der Waals surface area (Å²) in [6.07, 6.45) is 3.75. The summed E-state index contributed by atoms with van der Waals surface area (Å²) in [5.74, 6) is -0.452. The van der Waals surface area contributed by atoms with E-state index in [-0.39, 0.29) is 17.1 Å². The van der Waals surface area contributed by atoms with E-state index in [1.54, 1.807) is 11.0 Å². The van der Waals surface area contributed by atoms with Crippen LogP contribution in [-0.2, 0) is 12.8 Å². The van der Waals surface area contributed by atoms with Gasteiger partial charge in [-0.05, 0) is 48.1 Å². The first-order valence-corrected chi connectivity index (χ1v) is 9.67. The summed E-state index contributed by atoms with van der Waals surface area (Å²) >= 11 is 0. The number of carbonyl (C=O) groups is 1. The molecule has 0 spiro atoms. The smallest absolute Gasteiger partial charge is 0.264 e. The zero-order valence-electron chi connectivity index (χ0n) is 16.2. The number of aromatic nitrogens is 1. The molecule has 140 valence electrons. The molecular formula is C24H21FN2O. The molecule has 2 heterocycles. The number of aryl methyl sites for hydroxylation is 1. The first kappa shape index (κ1) is 17.1. The van der Waals surface area contributed by atoms with Crippen LogP contribution in [0.2, 0.25) is 0 Å². The molecular weight excluding hydrogens is 351 g/mol. The van der Waals surface area contributed by atoms with Crippen LogP contribution in [0.4, 0.5) is 10.1 Å². The molecule has 0 fully saturated rings. The van der Waals surface area contributed by atoms with Crippen LogP contribution in [0.15, 0.2) is 48.5 Å². The lowest BCUT2D eigenvalue weighted by molar-refractivity contribution is 0.101. The molecule has 0 atom stereocenters. The summed E-state index contributed by atoms with van der Waals surface area (Å²) in [4.78, 5) is 20.3. The minimum Gasteiger partial charge on any atom is -0.276 e. The Labute approximate surface area is 163 Å². The highest BCUT2D eigenvalue weighted by Gasteiger charge is 2.42. The number of fused-ring (bicyclic) bond motifs is 2. The molecule has 28 heavy (non-hydrogen) atoms. The second kappa shape index (κ2) is 5.74. The molecule has 1 amide bonds. The zero-order chi connectivity index (χ0) is 19.6. The molecule has 2 aromatic carbocycles. The summed E-state index contributed by atoms with van der Waals surface area (Å²) in [5, 5.41) is 0.589. The summed E-state index contributed by atoms with van der Waals surface area (Å²) < 4.78 is 14.0. The molecule has 1 aliphatic carbocycles. The predicted octanol–water partition coefficient (Wildman–Crippen LogP) is 5.52. The van der Waals surface area contributed by atoms with Crippen molar-refractivity contribution < 1.29 is 9.18 Å². The number of carbonyl (C=O) groups excluding carboxylic acids is 1. The van der Waals surface area contributed by atoms with Gasteiger partial charge in [0.25, 0.3) is 5.91 Å². The van der Waals surface area contributed by atoms with Crippen molar-refractivity contribution in [2.24, 2.45) is 5.41 Å². The van der Waals surface area contributed by atoms with Gasteiger partial charge in [-0.1, -0.05) is 45.0 Å². The monoisotopic (exact) mass is 372 g/mol. The van der Waals surface area contributed by atoms with Gasteiger partial charge in [-0.15, -0.1) is 0 Å². The molecule has 0 N–H and O–H groups in total. The summed E-state index contributed by atoms with van der Waals surface area (Å²) in [7, 11) is 0. The summed E-state index contributed by atoms with van der Waals surface area (Å²) in [5.41, 5.74) is 5.80. The number of anilines is 1. The van der Waals surface area contributed by atoms with E-state index in [2.05, 4.69) is 32.9 Å². The number of para-hydroxylation sites is 1. The fraction of sp³-hybridized carbons (Fsp3) is 0.250. The third-order valence-electron chi connectivity index (χ3n) is 5.70. The number of hydrogen-bond acceptors (Lipinski definition) is 2. The molecule has 0 radical (unpaired) electrons. The van der Waals surface area contributed by atoms with E-state index in [1.807, 2.05) is 18.2 Å². The summed E-state index contributed by atoms with van der Waals surface area (Å²) in [6.45, 7) is 6.40. The van der Waals surface area contributed by atoms with E-state index in [0.717, 1.165) is 41.0 Å². The Balaban J connectivity index is 1.86. The highest BCUT2D eigenvalue weighted by molar-refractivity contribution is 6.27. The molecule has 1 aliphatic heterocycles. The van der Waals surface area contributed by atoms with Gasteiger partial charge in [-0.2, -0.15) is 0 Å². The average Bonchev–Trinajstić information content (AvgIpc) is 2.94. The molecule has 0 saturated heterocycles. The van der Waals surface area contributed by atoms with Gasteiger partial charge in [0.2, 0.25) is 0 Å². The van der Waals surface area contributed by atoms with Crippen LogP contribution in [0.25, 0.3) is 16.6 Å². The van der Waals surface area contributed by atoms with Gasteiger partial charge in [-0.3, -0.25) is 14.7 Å². The molecule has 4 heteroatoms. The molecule has 2 aliphatic rings. The largest absolute Gasteiger partial charge is 0.276 e. The molecule has 0 saturated carbocycles. The minimum absolute atomic E-state index is 0.0981. The quantitative estimate of drug-likeness (QED) is 0.593. The molecule has 0 unspecified atom stereocenters. The Morgan fingerprint density at radius 1 is 1.14 bits per heavy atom. The Bertz CT molecular complexity index is 1190. The third-order valence-corrected chi connectivity index (χ3v) is 5.70. The second-order valence-corrected chi connectivity index (χ2v) is 8.29. The third kappa shape index (κ3) is 2.34. The van der Waals surface area contributed by atoms with Gasteiger partial charge >= 0.3 is 0 Å². The molecule has 0 bridgehead atoms. The maximum Gasteiger partial charge on any atom is 0.264 e. The Morgan fingerprint density at radius 3 is 2.71 bits per heavy atom. The van der Waals surface area contributed by atoms with Crippen LogP contribution >= 0.6 is 0 Å². The van der Waals surface area contributed by atoms with Crippen LogP contribution in [0, 0.1) is 11.2 Å². The normalized spacial score (nSPS) is 17.1. The van der Waals surface area contributed by atoms with Crippen molar-refractivity contribution in [2.45, 2.75) is 33.6 Å². The van der Waals surface area contributed by atoms with Crippen molar-refractivity contribution in [1.82, 2.24) is 4.98 Å². The van der Waals surface area contributed by atoms with E-state index in [4.69, 9.17) is 4.98 Å². The maximum atomic E-state index is 14.0. The highest BCUT2D eigenvalue weighted by atomic mass is 19.1. The van der Waals surface area contributed by atoms with Crippen molar-refractivity contribution in [3.8, 4) is 0 Å². The van der Waals surface area contributed by atoms with Gasteiger partial charge in [-0.25, -0.2) is 4.39 Å². The number of pyridine rings is 1. The fourth-order valence-electron chi connectivity index (χ4n) is 4.50. The first-order valence-electron chi connectivity index (χ1n) is 9.67. The van der Waals surface area contributed by atoms with Gasteiger partial charge in [0.15, 0.2) is 0 Å². The Hall–Kier alpha value is -3.01. The number of hydrogen-bond donors (Lipinski definition) is 0. The van der Waals surface area contributed by atoms with Crippen molar-refractivity contribution in [2.75, 3.05) is 4.90 Å². The Kier molecular flexibility index (Phi) is 3.51. The molecule has 3 nitrogen and oxygen atoms in total. The number of halogens is 1. The van der Waals surface area contributed by atoms with Gasteiger partial charge < -0.3 is 0 Å². The fourth-order valence-corrected chi connectivity index (χ4v) is 4.50. The number of benzene rings is 2. The van der Waals surface area contributed by atoms with Crippen molar-refractivity contribution in [1.29, 1.82) is 0 Å². The van der Waals surface area contributed by atoms with E-state index in [0.29, 0.717) is 16.5 Å². The summed E-state index contributed by atoms with van der Waals surface area (Å²) in [6, 6.07) is 12.5. The lowest BCUT2D eigenvalue weighted by Crippen LogP contribution is -2.26. The number of amides is 1. The topological polar surface area (TPSA) is 33.2 Å². The van der Waals surface area contributed by atoms with E-state index < -0.39 is 0 Å². The van der Waals surface area contributed by atoms with Crippen molar-refractivity contribution in [3.05, 3.63) is 76.7 Å². The zero-order valence-corrected chi connectivity index (χ0v) is 16.2. The molecule has 3 aromatic rings. The lowest BCUT2D eigenvalue weighted by atomic mass is 9.79. The number of nitrogens with zero attached hydrogens (tertiary/aromatic N) is 2. The van der Waals surface area contributed by atoms with E-state index in [1.165, 1.54) is 12.1 Å². The SMILES string of the molecule is CCc1ccccc1N1C(=O)c2c3c(nc4ccc(F)cc24)CC(C)(C)C=C31. The minimum atomic E-state index is -0.354. The van der Waals surface area contributed by atoms with Crippen LogP contribution in [-0.4, -0.2) is 10.9 Å². The number of allylic oxidation sites excluding steroid dienone is 1. The lowest BCUT2D eigenvalue weighted by Gasteiger charge is -2.30. The molecule has 5 rings (SSSR count). The van der Waals surface area contributed by atoms with Gasteiger partial charge in [0, 0.05) is 10.9 Å². The first-order chi connectivity index (χ1) is 13.4. The standard InChI is InChI=1S/C24H21FN2O/c1-4-14-7-5-6-8-19(14)27-20-13-24(2,3)12-18-22(20)21(23(27)28)16-11-15(25)9-10-17(16)26-18/h5-11,13H,4,12H2,1-3H3. The van der Waals surface area contributed by atoms with Gasteiger partial charge in [0.05, 0.1) is 28.2 Å². The van der Waals surface area contributed by atoms with Crippen molar-refractivity contribution in [3.63, 3.8) is 0 Å². The van der Waals surface area contributed by atoms with Crippen LogP contribution < -0.4 is 4.90 Å². The predicted molar refractivity (Wildman–Crippen MR) is 110 cm³/mol. The van der Waals surface area contributed by atoms with E-state index >= 15 is 0 Å². The highest BCUT2D eigenvalue weighted by Crippen LogP contribution is 2.48. The Morgan fingerprint density at radius 2 is 1.93 bits per heavy atom. The van der Waals surface area contributed by atoms with Crippen LogP contribution in [0.3, 0.4) is 0 Å². The van der Waals surface area contributed by atoms with Crippen LogP contribution in [0.1, 0.15) is 48.0 Å².